The molecule has 1 aliphatic rings. The van der Waals surface area contributed by atoms with Gasteiger partial charge >= 0.3 is 0 Å². The number of halogens is 1. The Bertz CT molecular complexity index is 483. The van der Waals surface area contributed by atoms with Crippen molar-refractivity contribution in [2.45, 2.75) is 43.8 Å². The van der Waals surface area contributed by atoms with Crippen molar-refractivity contribution in [2.24, 2.45) is 0 Å². The Morgan fingerprint density at radius 1 is 1.35 bits per heavy atom. The summed E-state index contributed by atoms with van der Waals surface area (Å²) in [7, 11) is 0. The van der Waals surface area contributed by atoms with Gasteiger partial charge < -0.3 is 5.32 Å². The van der Waals surface area contributed by atoms with Crippen LogP contribution in [0.4, 0.5) is 0 Å². The Labute approximate surface area is 134 Å². The van der Waals surface area contributed by atoms with E-state index in [1.807, 2.05) is 36.9 Å². The molecule has 2 rings (SSSR count). The monoisotopic (exact) mass is 355 g/mol. The van der Waals surface area contributed by atoms with E-state index in [1.54, 1.807) is 0 Å². The van der Waals surface area contributed by atoms with Crippen molar-refractivity contribution in [1.29, 1.82) is 0 Å². The molecule has 1 N–H and O–H groups in total. The molecule has 2 nitrogen and oxygen atoms in total. The van der Waals surface area contributed by atoms with E-state index in [-0.39, 0.29) is 10.7 Å². The lowest BCUT2D eigenvalue weighted by Gasteiger charge is -2.35. The largest absolute Gasteiger partial charge is 0.351 e. The first-order valence-corrected chi connectivity index (χ1v) is 9.18. The van der Waals surface area contributed by atoms with Gasteiger partial charge in [-0.2, -0.15) is 11.8 Å². The minimum absolute atomic E-state index is 0.0274. The molecule has 4 heteroatoms. The van der Waals surface area contributed by atoms with Gasteiger partial charge in [-0.25, -0.2) is 0 Å². The number of carbonyl (C=O) groups is 1. The number of benzene rings is 1. The summed E-state index contributed by atoms with van der Waals surface area (Å²) >= 11 is 5.42. The van der Waals surface area contributed by atoms with E-state index in [0.717, 1.165) is 22.1 Å². The summed E-state index contributed by atoms with van der Waals surface area (Å²) < 4.78 is 1.14. The topological polar surface area (TPSA) is 29.1 Å². The van der Waals surface area contributed by atoms with Gasteiger partial charge in [-0.15, -0.1) is 0 Å². The SMILES string of the molecule is CSC1(CNC(=O)c2cccc(C)c2Br)CCCCC1. The highest BCUT2D eigenvalue weighted by molar-refractivity contribution is 9.10. The van der Waals surface area contributed by atoms with E-state index in [9.17, 15) is 4.79 Å². The standard InChI is InChI=1S/C16H22BrNOS/c1-12-7-6-8-13(14(12)17)15(19)18-11-16(20-2)9-4-3-5-10-16/h6-8H,3-5,9-11H2,1-2H3,(H,18,19). The summed E-state index contributed by atoms with van der Waals surface area (Å²) in [6, 6.07) is 5.81. The van der Waals surface area contributed by atoms with E-state index < -0.39 is 0 Å². The smallest absolute Gasteiger partial charge is 0.252 e. The Hall–Kier alpha value is -0.480. The van der Waals surface area contributed by atoms with Crippen molar-refractivity contribution in [3.05, 3.63) is 33.8 Å². The number of nitrogens with one attached hydrogen (secondary N) is 1. The molecular weight excluding hydrogens is 334 g/mol. The molecule has 1 fully saturated rings. The number of thioether (sulfide) groups is 1. The fourth-order valence-corrected chi connectivity index (χ4v) is 4.17. The molecular formula is C16H22BrNOS. The first-order chi connectivity index (χ1) is 9.58. The predicted molar refractivity (Wildman–Crippen MR) is 90.5 cm³/mol. The quantitative estimate of drug-likeness (QED) is 0.857. The van der Waals surface area contributed by atoms with Crippen molar-refractivity contribution in [1.82, 2.24) is 5.32 Å². The maximum absolute atomic E-state index is 12.4. The van der Waals surface area contributed by atoms with Crippen LogP contribution in [0, 0.1) is 6.92 Å². The van der Waals surface area contributed by atoms with Crippen molar-refractivity contribution < 1.29 is 4.79 Å². The van der Waals surface area contributed by atoms with E-state index in [4.69, 9.17) is 0 Å². The average Bonchev–Trinajstić information content (AvgIpc) is 2.48. The first kappa shape index (κ1) is 15.9. The van der Waals surface area contributed by atoms with Gasteiger partial charge in [0.2, 0.25) is 0 Å². The lowest BCUT2D eigenvalue weighted by atomic mass is 9.88. The lowest BCUT2D eigenvalue weighted by Crippen LogP contribution is -2.41. The summed E-state index contributed by atoms with van der Waals surface area (Å²) in [5.41, 5.74) is 1.83. The zero-order chi connectivity index (χ0) is 14.6. The van der Waals surface area contributed by atoms with Crippen LogP contribution in [-0.2, 0) is 0 Å². The second-order valence-electron chi connectivity index (χ2n) is 5.57. The molecule has 0 unspecified atom stereocenters. The zero-order valence-corrected chi connectivity index (χ0v) is 14.6. The normalized spacial score (nSPS) is 17.8. The molecule has 0 radical (unpaired) electrons. The van der Waals surface area contributed by atoms with Crippen molar-refractivity contribution in [3.63, 3.8) is 0 Å². The number of amides is 1. The highest BCUT2D eigenvalue weighted by Gasteiger charge is 2.31. The van der Waals surface area contributed by atoms with Crippen LogP contribution in [0.1, 0.15) is 48.0 Å². The lowest BCUT2D eigenvalue weighted by molar-refractivity contribution is 0.0946. The van der Waals surface area contributed by atoms with Crippen LogP contribution in [0.5, 0.6) is 0 Å². The van der Waals surface area contributed by atoms with Gasteiger partial charge in [0.05, 0.1) is 5.56 Å². The molecule has 0 aromatic heterocycles. The third-order valence-electron chi connectivity index (χ3n) is 4.21. The number of carbonyl (C=O) groups excluding carboxylic acids is 1. The van der Waals surface area contributed by atoms with Crippen molar-refractivity contribution >= 4 is 33.6 Å². The molecule has 0 bridgehead atoms. The Balaban J connectivity index is 2.02. The van der Waals surface area contributed by atoms with E-state index >= 15 is 0 Å². The van der Waals surface area contributed by atoms with Gasteiger partial charge in [0.15, 0.2) is 0 Å². The van der Waals surface area contributed by atoms with Gasteiger partial charge in [0.1, 0.15) is 0 Å². The molecule has 1 saturated carbocycles. The average molecular weight is 356 g/mol. The van der Waals surface area contributed by atoms with Crippen LogP contribution < -0.4 is 5.32 Å². The highest BCUT2D eigenvalue weighted by atomic mass is 79.9. The molecule has 0 saturated heterocycles. The molecule has 110 valence electrons. The first-order valence-electron chi connectivity index (χ1n) is 7.16. The van der Waals surface area contributed by atoms with Crippen LogP contribution >= 0.6 is 27.7 Å². The van der Waals surface area contributed by atoms with Crippen molar-refractivity contribution in [2.75, 3.05) is 12.8 Å². The van der Waals surface area contributed by atoms with Crippen LogP contribution in [0.15, 0.2) is 22.7 Å². The van der Waals surface area contributed by atoms with Gasteiger partial charge in [0.25, 0.3) is 5.91 Å². The summed E-state index contributed by atoms with van der Waals surface area (Å²) in [5.74, 6) is 0.0274. The van der Waals surface area contributed by atoms with Gasteiger partial charge in [0, 0.05) is 15.8 Å². The summed E-state index contributed by atoms with van der Waals surface area (Å²) in [4.78, 5) is 12.4. The van der Waals surface area contributed by atoms with Crippen LogP contribution in [-0.4, -0.2) is 23.5 Å². The second-order valence-corrected chi connectivity index (χ2v) is 7.63. The van der Waals surface area contributed by atoms with E-state index in [2.05, 4.69) is 27.5 Å². The molecule has 1 aromatic carbocycles. The molecule has 1 aliphatic carbocycles. The summed E-state index contributed by atoms with van der Waals surface area (Å²) in [6.45, 7) is 2.78. The second kappa shape index (κ2) is 6.99. The summed E-state index contributed by atoms with van der Waals surface area (Å²) in [6.07, 6.45) is 8.49. The van der Waals surface area contributed by atoms with Gasteiger partial charge in [-0.05, 0) is 53.6 Å². The number of hydrogen-bond acceptors (Lipinski definition) is 2. The third-order valence-corrected chi connectivity index (χ3v) is 6.68. The molecule has 0 aliphatic heterocycles. The van der Waals surface area contributed by atoms with Crippen molar-refractivity contribution in [3.8, 4) is 0 Å². The van der Waals surface area contributed by atoms with Gasteiger partial charge in [-0.3, -0.25) is 4.79 Å². The fourth-order valence-electron chi connectivity index (χ4n) is 2.81. The molecule has 0 spiro atoms. The molecule has 1 aromatic rings. The minimum atomic E-state index is 0.0274. The van der Waals surface area contributed by atoms with E-state index in [0.29, 0.717) is 0 Å². The van der Waals surface area contributed by atoms with E-state index in [1.165, 1.54) is 32.1 Å². The fraction of sp³-hybridized carbons (Fsp3) is 0.562. The van der Waals surface area contributed by atoms with Crippen LogP contribution in [0.3, 0.4) is 0 Å². The van der Waals surface area contributed by atoms with Gasteiger partial charge in [-0.1, -0.05) is 31.4 Å². The molecule has 20 heavy (non-hydrogen) atoms. The maximum atomic E-state index is 12.4. The molecule has 0 atom stereocenters. The third kappa shape index (κ3) is 3.59. The Morgan fingerprint density at radius 2 is 2.05 bits per heavy atom. The predicted octanol–water partition coefficient (Wildman–Crippen LogP) is 4.55. The minimum Gasteiger partial charge on any atom is -0.351 e. The van der Waals surface area contributed by atoms with Crippen LogP contribution in [0.2, 0.25) is 0 Å². The number of aryl methyl sites for hydroxylation is 1. The summed E-state index contributed by atoms with van der Waals surface area (Å²) in [5, 5.41) is 3.14. The maximum Gasteiger partial charge on any atom is 0.252 e. The number of hydrogen-bond donors (Lipinski definition) is 1. The molecule has 0 heterocycles. The Morgan fingerprint density at radius 3 is 2.70 bits per heavy atom. The van der Waals surface area contributed by atoms with Crippen LogP contribution in [0.25, 0.3) is 0 Å². The number of rotatable bonds is 4. The zero-order valence-electron chi connectivity index (χ0n) is 12.2. The molecule has 1 amide bonds. The highest BCUT2D eigenvalue weighted by Crippen LogP contribution is 2.38. The Kier molecular flexibility index (Phi) is 5.56.